The molecule has 0 bridgehead atoms. The number of hydrogen-bond donors (Lipinski definition) is 0. The highest BCUT2D eigenvalue weighted by Gasteiger charge is 2.25. The molecule has 57 heavy (non-hydrogen) atoms. The molecule has 0 fully saturated rings. The van der Waals surface area contributed by atoms with E-state index in [4.69, 9.17) is 0 Å². The number of aromatic nitrogens is 1. The maximum absolute atomic E-state index is 2.48. The van der Waals surface area contributed by atoms with E-state index in [1.165, 1.54) is 69.8 Å². The highest BCUT2D eigenvalue weighted by atomic mass is 32.1. The fraction of sp³-hybridized carbons (Fsp3) is 0. The Morgan fingerprint density at radius 2 is 0.982 bits per heavy atom. The van der Waals surface area contributed by atoms with Crippen molar-refractivity contribution in [2.75, 3.05) is 4.90 Å². The maximum Gasteiger partial charge on any atom is 0.0562 e. The lowest BCUT2D eigenvalue weighted by Gasteiger charge is -2.29. The third-order valence-electron chi connectivity index (χ3n) is 11.2. The van der Waals surface area contributed by atoms with Crippen LogP contribution in [0.3, 0.4) is 0 Å². The molecule has 0 radical (unpaired) electrons. The van der Waals surface area contributed by atoms with Gasteiger partial charge in [0.25, 0.3) is 0 Å². The van der Waals surface area contributed by atoms with E-state index in [2.05, 4.69) is 228 Å². The molecule has 0 atom stereocenters. The third-order valence-corrected chi connectivity index (χ3v) is 12.4. The summed E-state index contributed by atoms with van der Waals surface area (Å²) in [5.74, 6) is 0. The average Bonchev–Trinajstić information content (AvgIpc) is 3.84. The fourth-order valence-corrected chi connectivity index (χ4v) is 9.91. The molecule has 0 N–H and O–H groups in total. The topological polar surface area (TPSA) is 8.17 Å². The van der Waals surface area contributed by atoms with Crippen LogP contribution in [0.25, 0.3) is 81.0 Å². The second-order valence-corrected chi connectivity index (χ2v) is 15.5. The predicted molar refractivity (Wildman–Crippen MR) is 245 cm³/mol. The molecule has 11 rings (SSSR count). The Hall–Kier alpha value is -7.20. The van der Waals surface area contributed by atoms with E-state index in [1.807, 2.05) is 11.3 Å². The van der Waals surface area contributed by atoms with Crippen molar-refractivity contribution >= 4 is 70.4 Å². The van der Waals surface area contributed by atoms with Crippen molar-refractivity contribution in [1.29, 1.82) is 0 Å². The number of nitrogens with zero attached hydrogens (tertiary/aromatic N) is 2. The molecule has 3 heteroatoms. The Morgan fingerprint density at radius 3 is 1.81 bits per heavy atom. The summed E-state index contributed by atoms with van der Waals surface area (Å²) in [7, 11) is 0. The molecule has 0 unspecified atom stereocenters. The van der Waals surface area contributed by atoms with Gasteiger partial charge in [0.05, 0.1) is 28.1 Å². The number of hydrogen-bond acceptors (Lipinski definition) is 2. The molecule has 0 aliphatic rings. The highest BCUT2D eigenvalue weighted by Crippen LogP contribution is 2.50. The average molecular weight is 745 g/mol. The summed E-state index contributed by atoms with van der Waals surface area (Å²) in [6.45, 7) is 0. The lowest BCUT2D eigenvalue weighted by atomic mass is 9.95. The van der Waals surface area contributed by atoms with Crippen molar-refractivity contribution in [3.8, 4) is 39.1 Å². The van der Waals surface area contributed by atoms with Crippen LogP contribution in [0.4, 0.5) is 17.1 Å². The van der Waals surface area contributed by atoms with Crippen LogP contribution < -0.4 is 4.90 Å². The largest absolute Gasteiger partial charge is 0.309 e. The summed E-state index contributed by atoms with van der Waals surface area (Å²) in [5, 5.41) is 5.00. The van der Waals surface area contributed by atoms with Gasteiger partial charge in [-0.15, -0.1) is 11.3 Å². The molecule has 0 aliphatic carbocycles. The summed E-state index contributed by atoms with van der Waals surface area (Å²) in [4.78, 5) is 2.48. The van der Waals surface area contributed by atoms with E-state index < -0.39 is 0 Å². The molecule has 2 heterocycles. The minimum absolute atomic E-state index is 1.10. The van der Waals surface area contributed by atoms with E-state index in [1.54, 1.807) is 0 Å². The summed E-state index contributed by atoms with van der Waals surface area (Å²) < 4.78 is 5.05. The minimum Gasteiger partial charge on any atom is -0.309 e. The minimum atomic E-state index is 1.10. The van der Waals surface area contributed by atoms with E-state index in [-0.39, 0.29) is 0 Å². The molecule has 0 aliphatic heterocycles. The second-order valence-electron chi connectivity index (χ2n) is 14.5. The summed E-state index contributed by atoms with van der Waals surface area (Å²) in [6.07, 6.45) is 0. The number of anilines is 3. The van der Waals surface area contributed by atoms with Crippen LogP contribution in [-0.4, -0.2) is 4.57 Å². The van der Waals surface area contributed by atoms with Gasteiger partial charge in [-0.1, -0.05) is 164 Å². The lowest BCUT2D eigenvalue weighted by molar-refractivity contribution is 1.18. The summed E-state index contributed by atoms with van der Waals surface area (Å²) in [6, 6.07) is 79.4. The van der Waals surface area contributed by atoms with Crippen LogP contribution in [0.1, 0.15) is 0 Å². The van der Waals surface area contributed by atoms with E-state index in [9.17, 15) is 0 Å². The Morgan fingerprint density at radius 1 is 0.368 bits per heavy atom. The molecular weight excluding hydrogens is 709 g/mol. The van der Waals surface area contributed by atoms with Crippen LogP contribution >= 0.6 is 11.3 Å². The van der Waals surface area contributed by atoms with Crippen LogP contribution in [0.2, 0.25) is 0 Å². The van der Waals surface area contributed by atoms with Gasteiger partial charge in [0.15, 0.2) is 0 Å². The molecule has 11 aromatic rings. The standard InChI is InChI=1S/C54H36N2S/c1-4-18-37(19-5-1)39-34-35-49(46(36-39)44-28-16-27-43-42-25-12-15-33-52(42)57-54(43)44)55(40-22-8-3-9-23-40)50-31-17-32-51-53(50)45-26-11-14-30-48(45)56(51)47-29-13-10-24-41(47)38-20-6-2-7-21-38/h1-36H. The van der Waals surface area contributed by atoms with E-state index in [0.29, 0.717) is 0 Å². The smallest absolute Gasteiger partial charge is 0.0562 e. The molecule has 2 aromatic heterocycles. The van der Waals surface area contributed by atoms with Gasteiger partial charge in [-0.2, -0.15) is 0 Å². The molecule has 0 saturated carbocycles. The van der Waals surface area contributed by atoms with Gasteiger partial charge in [-0.3, -0.25) is 0 Å². The first kappa shape index (κ1) is 33.2. The van der Waals surface area contributed by atoms with Crippen LogP contribution in [0, 0.1) is 0 Å². The molecule has 0 saturated heterocycles. The van der Waals surface area contributed by atoms with Gasteiger partial charge in [0, 0.05) is 53.3 Å². The lowest BCUT2D eigenvalue weighted by Crippen LogP contribution is -2.12. The zero-order valence-corrected chi connectivity index (χ0v) is 31.9. The van der Waals surface area contributed by atoms with E-state index >= 15 is 0 Å². The molecule has 0 amide bonds. The first-order chi connectivity index (χ1) is 28.3. The number of fused-ring (bicyclic) bond motifs is 6. The first-order valence-electron chi connectivity index (χ1n) is 19.4. The highest BCUT2D eigenvalue weighted by molar-refractivity contribution is 7.26. The summed E-state index contributed by atoms with van der Waals surface area (Å²) >= 11 is 1.88. The normalized spacial score (nSPS) is 11.5. The Labute approximate surface area is 335 Å². The fourth-order valence-electron chi connectivity index (χ4n) is 8.68. The molecule has 9 aromatic carbocycles. The number of thiophene rings is 1. The number of para-hydroxylation sites is 3. The van der Waals surface area contributed by atoms with Crippen molar-refractivity contribution in [3.63, 3.8) is 0 Å². The van der Waals surface area contributed by atoms with Crippen molar-refractivity contribution < 1.29 is 0 Å². The van der Waals surface area contributed by atoms with Gasteiger partial charge in [-0.25, -0.2) is 0 Å². The maximum atomic E-state index is 2.48. The van der Waals surface area contributed by atoms with Gasteiger partial charge >= 0.3 is 0 Å². The van der Waals surface area contributed by atoms with Crippen LogP contribution in [0.5, 0.6) is 0 Å². The predicted octanol–water partition coefficient (Wildman–Crippen LogP) is 15.6. The van der Waals surface area contributed by atoms with E-state index in [0.717, 1.165) is 28.3 Å². The molecule has 0 spiro atoms. The number of benzene rings is 9. The zero-order chi connectivity index (χ0) is 37.7. The Kier molecular flexibility index (Phi) is 8.04. The quantitative estimate of drug-likeness (QED) is 0.158. The van der Waals surface area contributed by atoms with Crippen molar-refractivity contribution in [2.24, 2.45) is 0 Å². The Bertz CT molecular complexity index is 3230. The van der Waals surface area contributed by atoms with Gasteiger partial charge in [0.2, 0.25) is 0 Å². The van der Waals surface area contributed by atoms with Gasteiger partial charge in [0.1, 0.15) is 0 Å². The van der Waals surface area contributed by atoms with Crippen LogP contribution in [0.15, 0.2) is 218 Å². The van der Waals surface area contributed by atoms with Gasteiger partial charge < -0.3 is 9.47 Å². The second kappa shape index (κ2) is 13.8. The Balaban J connectivity index is 1.22. The monoisotopic (exact) mass is 744 g/mol. The molecular formula is C54H36N2S. The van der Waals surface area contributed by atoms with Gasteiger partial charge in [-0.05, 0) is 71.3 Å². The van der Waals surface area contributed by atoms with Crippen LogP contribution in [-0.2, 0) is 0 Å². The third kappa shape index (κ3) is 5.55. The van der Waals surface area contributed by atoms with Crippen molar-refractivity contribution in [2.45, 2.75) is 0 Å². The summed E-state index contributed by atoms with van der Waals surface area (Å²) in [5.41, 5.74) is 14.0. The molecule has 2 nitrogen and oxygen atoms in total. The van der Waals surface area contributed by atoms with Crippen molar-refractivity contribution in [1.82, 2.24) is 4.57 Å². The SMILES string of the molecule is c1ccc(-c2ccc(N(c3ccccc3)c3cccc4c3c3ccccc3n4-c3ccccc3-c3ccccc3)c(-c3cccc4c3sc3ccccc34)c2)cc1. The van der Waals surface area contributed by atoms with Crippen molar-refractivity contribution in [3.05, 3.63) is 218 Å². The molecule has 268 valence electrons. The number of rotatable bonds is 7. The zero-order valence-electron chi connectivity index (χ0n) is 31.1. The first-order valence-corrected chi connectivity index (χ1v) is 20.3.